The molecule has 2 unspecified atom stereocenters. The molecule has 33 heavy (non-hydrogen) atoms. The maximum Gasteiger partial charge on any atom is 0.273 e. The Bertz CT molecular complexity index is 1250. The quantitative estimate of drug-likeness (QED) is 0.660. The SMILES string of the molecule is CCC(=O)N1C(C)CCC1(C)c1ccc2nc(N)nc(C(=O)N3Cc4ccccc4C3)c2c1. The monoisotopic (exact) mass is 443 g/mol. The number of nitrogens with zero attached hydrogens (tertiary/aromatic N) is 4. The van der Waals surface area contributed by atoms with Gasteiger partial charge in [0.25, 0.3) is 5.91 Å². The lowest BCUT2D eigenvalue weighted by molar-refractivity contribution is -0.137. The third kappa shape index (κ3) is 3.43. The number of carbonyl (C=O) groups excluding carboxylic acids is 2. The van der Waals surface area contributed by atoms with Crippen LogP contribution < -0.4 is 5.73 Å². The van der Waals surface area contributed by atoms with Crippen LogP contribution in [-0.2, 0) is 23.4 Å². The molecule has 1 fully saturated rings. The Hall–Kier alpha value is -3.48. The summed E-state index contributed by atoms with van der Waals surface area (Å²) in [7, 11) is 0. The van der Waals surface area contributed by atoms with Gasteiger partial charge in [0, 0.05) is 30.9 Å². The van der Waals surface area contributed by atoms with Gasteiger partial charge in [0.15, 0.2) is 0 Å². The molecule has 0 aliphatic carbocycles. The molecule has 3 aromatic rings. The third-order valence-corrected chi connectivity index (χ3v) is 7.26. The van der Waals surface area contributed by atoms with E-state index in [0.29, 0.717) is 36.1 Å². The zero-order valence-corrected chi connectivity index (χ0v) is 19.3. The maximum atomic E-state index is 13.6. The van der Waals surface area contributed by atoms with Gasteiger partial charge >= 0.3 is 0 Å². The number of nitrogen functional groups attached to an aromatic ring is 1. The van der Waals surface area contributed by atoms with E-state index in [2.05, 4.69) is 35.9 Å². The Labute approximate surface area is 193 Å². The number of anilines is 1. The van der Waals surface area contributed by atoms with Gasteiger partial charge in [0.1, 0.15) is 5.69 Å². The third-order valence-electron chi connectivity index (χ3n) is 7.26. The van der Waals surface area contributed by atoms with Gasteiger partial charge in [-0.1, -0.05) is 37.3 Å². The summed E-state index contributed by atoms with van der Waals surface area (Å²) in [6, 6.07) is 14.1. The zero-order chi connectivity index (χ0) is 23.3. The van der Waals surface area contributed by atoms with Gasteiger partial charge in [-0.15, -0.1) is 0 Å². The molecule has 0 saturated carbocycles. The molecule has 3 heterocycles. The van der Waals surface area contributed by atoms with E-state index in [1.807, 2.05) is 42.2 Å². The van der Waals surface area contributed by atoms with Crippen molar-refractivity contribution in [3.05, 3.63) is 64.8 Å². The van der Waals surface area contributed by atoms with Crippen molar-refractivity contribution in [1.29, 1.82) is 0 Å². The molecule has 0 spiro atoms. The minimum absolute atomic E-state index is 0.0822. The number of nitrogens with two attached hydrogens (primary N) is 1. The molecule has 0 bridgehead atoms. The zero-order valence-electron chi connectivity index (χ0n) is 19.3. The van der Waals surface area contributed by atoms with Crippen LogP contribution in [0.3, 0.4) is 0 Å². The molecule has 0 radical (unpaired) electrons. The number of hydrogen-bond donors (Lipinski definition) is 1. The van der Waals surface area contributed by atoms with Crippen LogP contribution in [0.15, 0.2) is 42.5 Å². The van der Waals surface area contributed by atoms with Crippen molar-refractivity contribution in [2.75, 3.05) is 5.73 Å². The number of hydrogen-bond acceptors (Lipinski definition) is 5. The molecule has 2 aliphatic rings. The summed E-state index contributed by atoms with van der Waals surface area (Å²) >= 11 is 0. The lowest BCUT2D eigenvalue weighted by Gasteiger charge is -2.38. The van der Waals surface area contributed by atoms with Gasteiger partial charge in [-0.2, -0.15) is 0 Å². The maximum absolute atomic E-state index is 13.6. The van der Waals surface area contributed by atoms with E-state index in [4.69, 9.17) is 5.73 Å². The first kappa shape index (κ1) is 21.4. The van der Waals surface area contributed by atoms with Crippen molar-refractivity contribution in [2.24, 2.45) is 0 Å². The molecule has 170 valence electrons. The second-order valence-corrected chi connectivity index (χ2v) is 9.37. The second kappa shape index (κ2) is 7.83. The minimum Gasteiger partial charge on any atom is -0.368 e. The number of likely N-dealkylation sites (tertiary alicyclic amines) is 1. The Morgan fingerprint density at radius 1 is 1.12 bits per heavy atom. The summed E-state index contributed by atoms with van der Waals surface area (Å²) in [5.41, 5.74) is 9.79. The van der Waals surface area contributed by atoms with Crippen LogP contribution in [-0.4, -0.2) is 37.6 Å². The lowest BCUT2D eigenvalue weighted by atomic mass is 9.88. The number of amides is 2. The molecule has 1 saturated heterocycles. The van der Waals surface area contributed by atoms with Crippen molar-refractivity contribution in [2.45, 2.75) is 64.7 Å². The summed E-state index contributed by atoms with van der Waals surface area (Å²) in [6.45, 7) is 7.21. The molecule has 2 amide bonds. The normalized spacial score (nSPS) is 22.1. The van der Waals surface area contributed by atoms with Crippen molar-refractivity contribution in [3.63, 3.8) is 0 Å². The van der Waals surface area contributed by atoms with Crippen LogP contribution in [0.25, 0.3) is 10.9 Å². The highest BCUT2D eigenvalue weighted by Crippen LogP contribution is 2.43. The molecule has 7 heteroatoms. The molecule has 2 atom stereocenters. The lowest BCUT2D eigenvalue weighted by Crippen LogP contribution is -2.45. The van der Waals surface area contributed by atoms with E-state index in [1.54, 1.807) is 4.90 Å². The average molecular weight is 444 g/mol. The molecule has 7 nitrogen and oxygen atoms in total. The van der Waals surface area contributed by atoms with Crippen molar-refractivity contribution < 1.29 is 9.59 Å². The smallest absolute Gasteiger partial charge is 0.273 e. The van der Waals surface area contributed by atoms with Gasteiger partial charge in [0.05, 0.1) is 11.1 Å². The fourth-order valence-corrected chi connectivity index (χ4v) is 5.47. The van der Waals surface area contributed by atoms with Crippen LogP contribution in [0.1, 0.15) is 67.2 Å². The Morgan fingerprint density at radius 3 is 2.48 bits per heavy atom. The van der Waals surface area contributed by atoms with Gasteiger partial charge in [-0.3, -0.25) is 9.59 Å². The van der Waals surface area contributed by atoms with E-state index >= 15 is 0 Å². The van der Waals surface area contributed by atoms with Crippen LogP contribution >= 0.6 is 0 Å². The predicted octanol–water partition coefficient (Wildman–Crippen LogP) is 4.00. The van der Waals surface area contributed by atoms with Crippen LogP contribution in [0.2, 0.25) is 0 Å². The Morgan fingerprint density at radius 2 is 1.82 bits per heavy atom. The number of rotatable bonds is 3. The van der Waals surface area contributed by atoms with Crippen molar-refractivity contribution >= 4 is 28.7 Å². The molecule has 2 aliphatic heterocycles. The summed E-state index contributed by atoms with van der Waals surface area (Å²) in [4.78, 5) is 38.9. The highest BCUT2D eigenvalue weighted by molar-refractivity contribution is 6.05. The van der Waals surface area contributed by atoms with Gasteiger partial charge in [0.2, 0.25) is 11.9 Å². The van der Waals surface area contributed by atoms with Gasteiger partial charge in [-0.25, -0.2) is 9.97 Å². The fourth-order valence-electron chi connectivity index (χ4n) is 5.47. The van der Waals surface area contributed by atoms with E-state index in [9.17, 15) is 9.59 Å². The number of carbonyl (C=O) groups is 2. The van der Waals surface area contributed by atoms with E-state index in [-0.39, 0.29) is 23.8 Å². The summed E-state index contributed by atoms with van der Waals surface area (Å²) in [5, 5.41) is 0.673. The molecule has 1 aromatic heterocycles. The highest BCUT2D eigenvalue weighted by atomic mass is 16.2. The van der Waals surface area contributed by atoms with E-state index < -0.39 is 5.54 Å². The molecule has 2 aromatic carbocycles. The topological polar surface area (TPSA) is 92.4 Å². The highest BCUT2D eigenvalue weighted by Gasteiger charge is 2.44. The average Bonchev–Trinajstić information content (AvgIpc) is 3.38. The van der Waals surface area contributed by atoms with Gasteiger partial charge < -0.3 is 15.5 Å². The van der Waals surface area contributed by atoms with Crippen LogP contribution in [0.5, 0.6) is 0 Å². The first-order chi connectivity index (χ1) is 15.8. The first-order valence-corrected chi connectivity index (χ1v) is 11.6. The van der Waals surface area contributed by atoms with E-state index in [0.717, 1.165) is 29.5 Å². The molecule has 5 rings (SSSR count). The predicted molar refractivity (Wildman–Crippen MR) is 127 cm³/mol. The largest absolute Gasteiger partial charge is 0.368 e. The molecular formula is C26H29N5O2. The molecule has 2 N–H and O–H groups in total. The van der Waals surface area contributed by atoms with Crippen LogP contribution in [0.4, 0.5) is 5.95 Å². The van der Waals surface area contributed by atoms with Gasteiger partial charge in [-0.05, 0) is 55.5 Å². The number of aromatic nitrogens is 2. The Kier molecular flexibility index (Phi) is 5.07. The second-order valence-electron chi connectivity index (χ2n) is 9.37. The summed E-state index contributed by atoms with van der Waals surface area (Å²) < 4.78 is 0. The van der Waals surface area contributed by atoms with Crippen molar-refractivity contribution in [3.8, 4) is 0 Å². The minimum atomic E-state index is -0.438. The fraction of sp³-hybridized carbons (Fsp3) is 0.385. The summed E-state index contributed by atoms with van der Waals surface area (Å²) in [6.07, 6.45) is 2.27. The molecular weight excluding hydrogens is 414 g/mol. The number of benzene rings is 2. The standard InChI is InChI=1S/C26H29N5O2/c1-4-22(32)31-16(2)11-12-26(31,3)19-9-10-21-20(13-19)23(29-25(27)28-21)24(33)30-14-17-7-5-6-8-18(17)15-30/h5-10,13,16H,4,11-12,14-15H2,1-3H3,(H2,27,28,29). The Balaban J connectivity index is 1.58. The first-order valence-electron chi connectivity index (χ1n) is 11.6. The number of fused-ring (bicyclic) bond motifs is 2. The summed E-state index contributed by atoms with van der Waals surface area (Å²) in [5.74, 6) is 0.0648. The van der Waals surface area contributed by atoms with Crippen LogP contribution in [0, 0.1) is 0 Å². The van der Waals surface area contributed by atoms with E-state index in [1.165, 1.54) is 0 Å². The van der Waals surface area contributed by atoms with Crippen molar-refractivity contribution in [1.82, 2.24) is 19.8 Å².